The van der Waals surface area contributed by atoms with Gasteiger partial charge in [-0.3, -0.25) is 14.9 Å². The Balaban J connectivity index is 1.80. The van der Waals surface area contributed by atoms with E-state index in [1.54, 1.807) is 25.1 Å². The maximum absolute atomic E-state index is 12.3. The Bertz CT molecular complexity index is 974. The lowest BCUT2D eigenvalue weighted by molar-refractivity contribution is -0.148. The fourth-order valence-electron chi connectivity index (χ4n) is 2.29. The average molecular weight is 407 g/mol. The molecule has 0 bridgehead atoms. The maximum atomic E-state index is 12.3. The number of rotatable bonds is 8. The Labute approximate surface area is 162 Å². The average Bonchev–Trinajstić information content (AvgIpc) is 2.66. The quantitative estimate of drug-likeness (QED) is 0.557. The van der Waals surface area contributed by atoms with Crippen molar-refractivity contribution in [2.24, 2.45) is 0 Å². The Morgan fingerprint density at radius 1 is 1.04 bits per heavy atom. The SMILES string of the molecule is CCNC(=O)NC(=O)COC(=O)CCNS(=O)(=O)c1ccc2ccccc2c1. The van der Waals surface area contributed by atoms with Crippen LogP contribution in [0.3, 0.4) is 0 Å². The van der Waals surface area contributed by atoms with Crippen LogP contribution in [0.25, 0.3) is 10.8 Å². The molecule has 28 heavy (non-hydrogen) atoms. The van der Waals surface area contributed by atoms with E-state index >= 15 is 0 Å². The molecule has 2 rings (SSSR count). The first-order chi connectivity index (χ1) is 13.3. The standard InChI is InChI=1S/C18H21N3O6S/c1-2-19-18(24)21-16(22)12-27-17(23)9-10-20-28(25,26)15-8-7-13-5-3-4-6-14(13)11-15/h3-8,11,20H,2,9-10,12H2,1H3,(H2,19,21,22,24). The number of imide groups is 1. The van der Waals surface area contributed by atoms with Crippen molar-refractivity contribution in [2.75, 3.05) is 19.7 Å². The minimum absolute atomic E-state index is 0.0841. The highest BCUT2D eigenvalue weighted by atomic mass is 32.2. The van der Waals surface area contributed by atoms with Crippen LogP contribution in [0.5, 0.6) is 0 Å². The molecular formula is C18H21N3O6S. The fraction of sp³-hybridized carbons (Fsp3) is 0.278. The van der Waals surface area contributed by atoms with E-state index < -0.39 is 34.5 Å². The third-order valence-electron chi connectivity index (χ3n) is 3.61. The zero-order valence-corrected chi connectivity index (χ0v) is 16.0. The van der Waals surface area contributed by atoms with Gasteiger partial charge in [0.1, 0.15) is 0 Å². The molecule has 3 N–H and O–H groups in total. The van der Waals surface area contributed by atoms with Crippen LogP contribution < -0.4 is 15.4 Å². The second kappa shape index (κ2) is 9.81. The molecule has 0 aliphatic heterocycles. The minimum atomic E-state index is -3.79. The van der Waals surface area contributed by atoms with Gasteiger partial charge in [0, 0.05) is 13.1 Å². The van der Waals surface area contributed by atoms with Crippen LogP contribution in [0.4, 0.5) is 4.79 Å². The van der Waals surface area contributed by atoms with Crippen LogP contribution in [0, 0.1) is 0 Å². The second-order valence-electron chi connectivity index (χ2n) is 5.73. The van der Waals surface area contributed by atoms with Crippen LogP contribution in [-0.4, -0.2) is 46.0 Å². The topological polar surface area (TPSA) is 131 Å². The van der Waals surface area contributed by atoms with Crippen molar-refractivity contribution < 1.29 is 27.5 Å². The van der Waals surface area contributed by atoms with Crippen molar-refractivity contribution in [1.29, 1.82) is 0 Å². The molecule has 9 nitrogen and oxygen atoms in total. The van der Waals surface area contributed by atoms with Crippen LogP contribution in [-0.2, 0) is 24.3 Å². The van der Waals surface area contributed by atoms with Gasteiger partial charge < -0.3 is 10.1 Å². The third-order valence-corrected chi connectivity index (χ3v) is 5.07. The smallest absolute Gasteiger partial charge is 0.321 e. The third kappa shape index (κ3) is 6.32. The number of amides is 3. The van der Waals surface area contributed by atoms with Crippen LogP contribution in [0.1, 0.15) is 13.3 Å². The summed E-state index contributed by atoms with van der Waals surface area (Å²) in [4.78, 5) is 34.2. The molecule has 0 aliphatic rings. The summed E-state index contributed by atoms with van der Waals surface area (Å²) < 4.78 is 31.7. The van der Waals surface area contributed by atoms with Gasteiger partial charge in [0.05, 0.1) is 11.3 Å². The van der Waals surface area contributed by atoms with Crippen molar-refractivity contribution in [3.05, 3.63) is 42.5 Å². The highest BCUT2D eigenvalue weighted by Gasteiger charge is 2.16. The van der Waals surface area contributed by atoms with Crippen LogP contribution in [0.15, 0.2) is 47.4 Å². The first kappa shape index (κ1) is 21.3. The molecule has 0 unspecified atom stereocenters. The largest absolute Gasteiger partial charge is 0.456 e. The van der Waals surface area contributed by atoms with Gasteiger partial charge in [-0.05, 0) is 29.8 Å². The summed E-state index contributed by atoms with van der Waals surface area (Å²) in [5.41, 5.74) is 0. The number of hydrogen-bond acceptors (Lipinski definition) is 6. The van der Waals surface area contributed by atoms with Gasteiger partial charge in [-0.15, -0.1) is 0 Å². The Morgan fingerprint density at radius 2 is 1.75 bits per heavy atom. The lowest BCUT2D eigenvalue weighted by atomic mass is 10.1. The Kier molecular flexibility index (Phi) is 7.47. The summed E-state index contributed by atoms with van der Waals surface area (Å²) in [7, 11) is -3.79. The van der Waals surface area contributed by atoms with Gasteiger partial charge in [0.25, 0.3) is 5.91 Å². The summed E-state index contributed by atoms with van der Waals surface area (Å²) in [6.07, 6.45) is -0.263. The number of carbonyl (C=O) groups is 3. The van der Waals surface area contributed by atoms with Gasteiger partial charge in [-0.25, -0.2) is 17.9 Å². The Morgan fingerprint density at radius 3 is 2.46 bits per heavy atom. The Hall–Kier alpha value is -2.98. The summed E-state index contributed by atoms with van der Waals surface area (Å²) in [5, 5.41) is 6.02. The molecule has 0 saturated heterocycles. The molecule has 0 heterocycles. The van der Waals surface area contributed by atoms with E-state index in [2.05, 4.69) is 10.0 Å². The van der Waals surface area contributed by atoms with E-state index in [0.29, 0.717) is 6.54 Å². The fourth-order valence-corrected chi connectivity index (χ4v) is 3.36. The van der Waals surface area contributed by atoms with Gasteiger partial charge in [0.2, 0.25) is 10.0 Å². The zero-order valence-electron chi connectivity index (χ0n) is 15.2. The monoisotopic (exact) mass is 407 g/mol. The maximum Gasteiger partial charge on any atom is 0.321 e. The van der Waals surface area contributed by atoms with Crippen molar-refractivity contribution in [2.45, 2.75) is 18.2 Å². The second-order valence-corrected chi connectivity index (χ2v) is 7.49. The lowest BCUT2D eigenvalue weighted by Crippen LogP contribution is -2.41. The van der Waals surface area contributed by atoms with Crippen molar-refractivity contribution in [3.63, 3.8) is 0 Å². The number of nitrogens with one attached hydrogen (secondary N) is 3. The molecule has 2 aromatic carbocycles. The van der Waals surface area contributed by atoms with E-state index in [0.717, 1.165) is 10.8 Å². The van der Waals surface area contributed by atoms with Crippen LogP contribution in [0.2, 0.25) is 0 Å². The van der Waals surface area contributed by atoms with Crippen molar-refractivity contribution in [1.82, 2.24) is 15.4 Å². The zero-order chi connectivity index (χ0) is 20.6. The number of ether oxygens (including phenoxy) is 1. The normalized spacial score (nSPS) is 11.0. The molecule has 0 saturated carbocycles. The molecule has 0 radical (unpaired) electrons. The molecule has 0 fully saturated rings. The van der Waals surface area contributed by atoms with Gasteiger partial charge in [-0.1, -0.05) is 30.3 Å². The molecular weight excluding hydrogens is 386 g/mol. The number of fused-ring (bicyclic) bond motifs is 1. The number of hydrogen-bond donors (Lipinski definition) is 3. The number of sulfonamides is 1. The van der Waals surface area contributed by atoms with E-state index in [1.165, 1.54) is 6.07 Å². The molecule has 2 aromatic rings. The molecule has 0 atom stereocenters. The van der Waals surface area contributed by atoms with Crippen molar-refractivity contribution in [3.8, 4) is 0 Å². The summed E-state index contributed by atoms with van der Waals surface area (Å²) >= 11 is 0. The lowest BCUT2D eigenvalue weighted by Gasteiger charge is -2.08. The summed E-state index contributed by atoms with van der Waals surface area (Å²) in [6, 6.07) is 11.4. The summed E-state index contributed by atoms with van der Waals surface area (Å²) in [5.74, 6) is -1.55. The number of carbonyl (C=O) groups excluding carboxylic acids is 3. The van der Waals surface area contributed by atoms with E-state index in [4.69, 9.17) is 4.74 Å². The molecule has 0 aliphatic carbocycles. The predicted octanol–water partition coefficient (Wildman–Crippen LogP) is 0.897. The van der Waals surface area contributed by atoms with E-state index in [-0.39, 0.29) is 17.9 Å². The first-order valence-corrected chi connectivity index (χ1v) is 10.0. The molecule has 10 heteroatoms. The highest BCUT2D eigenvalue weighted by Crippen LogP contribution is 2.18. The first-order valence-electron chi connectivity index (χ1n) is 8.53. The molecule has 0 spiro atoms. The van der Waals surface area contributed by atoms with Gasteiger partial charge in [0.15, 0.2) is 6.61 Å². The van der Waals surface area contributed by atoms with Gasteiger partial charge in [-0.2, -0.15) is 0 Å². The van der Waals surface area contributed by atoms with Crippen LogP contribution >= 0.6 is 0 Å². The molecule has 3 amide bonds. The van der Waals surface area contributed by atoms with E-state index in [1.807, 2.05) is 23.5 Å². The highest BCUT2D eigenvalue weighted by molar-refractivity contribution is 7.89. The summed E-state index contributed by atoms with van der Waals surface area (Å²) in [6.45, 7) is 1.21. The van der Waals surface area contributed by atoms with E-state index in [9.17, 15) is 22.8 Å². The predicted molar refractivity (Wildman–Crippen MR) is 102 cm³/mol. The van der Waals surface area contributed by atoms with Gasteiger partial charge >= 0.3 is 12.0 Å². The number of esters is 1. The molecule has 150 valence electrons. The number of urea groups is 1. The minimum Gasteiger partial charge on any atom is -0.456 e. The number of benzene rings is 2. The molecule has 0 aromatic heterocycles. The van der Waals surface area contributed by atoms with Crippen molar-refractivity contribution >= 4 is 38.7 Å².